The molecule has 0 saturated carbocycles. The molecule has 2 unspecified atom stereocenters. The van der Waals surface area contributed by atoms with Crippen LogP contribution in [0, 0.1) is 27.7 Å². The van der Waals surface area contributed by atoms with Crippen LogP contribution in [0.2, 0.25) is 0 Å². The molecule has 0 spiro atoms. The number of nitrogens with one attached hydrogen (secondary N) is 4. The average molecular weight is 1530 g/mol. The minimum atomic E-state index is -0.980. The third-order valence-electron chi connectivity index (χ3n) is 18.8. The summed E-state index contributed by atoms with van der Waals surface area (Å²) in [6.07, 6.45) is 7.92. The van der Waals surface area contributed by atoms with E-state index in [1.807, 2.05) is 69.1 Å². The first-order chi connectivity index (χ1) is 50.9. The van der Waals surface area contributed by atoms with Gasteiger partial charge in [0.2, 0.25) is 11.8 Å². The minimum absolute atomic E-state index is 0.0320. The Bertz CT molecular complexity index is 4730. The van der Waals surface area contributed by atoms with Gasteiger partial charge in [0.25, 0.3) is 23.6 Å². The highest BCUT2D eigenvalue weighted by Gasteiger charge is 2.49. The number of halogens is 2. The van der Waals surface area contributed by atoms with Gasteiger partial charge in [-0.3, -0.25) is 33.8 Å². The maximum absolute atomic E-state index is 14.3. The van der Waals surface area contributed by atoms with E-state index in [2.05, 4.69) is 32.8 Å². The Labute approximate surface area is 629 Å². The molecular weight excluding hydrogens is 1440 g/mol. The van der Waals surface area contributed by atoms with Gasteiger partial charge in [-0.25, -0.2) is 19.3 Å². The van der Waals surface area contributed by atoms with Crippen LogP contribution in [0.15, 0.2) is 115 Å². The van der Waals surface area contributed by atoms with Crippen LogP contribution in [-0.4, -0.2) is 175 Å². The van der Waals surface area contributed by atoms with E-state index in [1.165, 1.54) is 47.9 Å². The van der Waals surface area contributed by atoms with Crippen molar-refractivity contribution in [2.24, 2.45) is 19.1 Å². The van der Waals surface area contributed by atoms with Crippen molar-refractivity contribution in [2.45, 2.75) is 109 Å². The zero-order chi connectivity index (χ0) is 75.6. The molecule has 0 radical (unpaired) electrons. The van der Waals surface area contributed by atoms with Gasteiger partial charge in [0.15, 0.2) is 12.5 Å². The number of aliphatic imine (C=N–C) groups is 1. The molecule has 4 aromatic carbocycles. The molecule has 3 fully saturated rings. The second kappa shape index (κ2) is 34.6. The Morgan fingerprint density at radius 3 is 1.69 bits per heavy atom. The van der Waals surface area contributed by atoms with Crippen LogP contribution in [0.4, 0.5) is 38.9 Å². The fraction of sp³-hybridized carbons (Fsp3) is 0.368. The van der Waals surface area contributed by atoms with Crippen LogP contribution in [0.5, 0.6) is 0 Å². The third kappa shape index (κ3) is 18.0. The van der Waals surface area contributed by atoms with Crippen LogP contribution in [0.3, 0.4) is 0 Å². The van der Waals surface area contributed by atoms with Crippen LogP contribution >= 0.6 is 45.9 Å². The minimum Gasteiger partial charge on any atom is -0.465 e. The second-order valence-corrected chi connectivity index (χ2v) is 29.0. The van der Waals surface area contributed by atoms with Crippen molar-refractivity contribution in [3.63, 3.8) is 0 Å². The number of hydrogen-bond acceptors (Lipinski definition) is 19. The number of anilines is 5. The molecule has 3 saturated heterocycles. The van der Waals surface area contributed by atoms with Crippen LogP contribution < -0.4 is 26.2 Å². The van der Waals surface area contributed by atoms with Crippen molar-refractivity contribution in [1.29, 1.82) is 0 Å². The highest BCUT2D eigenvalue weighted by Crippen LogP contribution is 2.40. The van der Waals surface area contributed by atoms with Crippen molar-refractivity contribution in [3.8, 4) is 0 Å². The number of piperidine rings is 2. The fourth-order valence-corrected chi connectivity index (χ4v) is 15.2. The molecule has 0 bridgehead atoms. The zero-order valence-electron chi connectivity index (χ0n) is 59.8. The second-order valence-electron chi connectivity index (χ2n) is 26.1. The number of aromatic nitrogens is 2. The van der Waals surface area contributed by atoms with Gasteiger partial charge in [0, 0.05) is 73.2 Å². The summed E-state index contributed by atoms with van der Waals surface area (Å²) in [5.74, 6) is -2.62. The van der Waals surface area contributed by atoms with E-state index >= 15 is 0 Å². The summed E-state index contributed by atoms with van der Waals surface area (Å²) in [5.41, 5.74) is 8.63. The first-order valence-electron chi connectivity index (χ1n) is 34.3. The number of methoxy groups -OCH3 is 2. The number of thiophene rings is 2. The average Bonchev–Trinajstić information content (AvgIpc) is 1.59. The maximum Gasteiger partial charge on any atom is 0.416 e. The smallest absolute Gasteiger partial charge is 0.416 e. The topological polar surface area (TPSA) is 298 Å². The maximum atomic E-state index is 14.3. The summed E-state index contributed by atoms with van der Waals surface area (Å²) in [6, 6.07) is 24.0. The quantitative estimate of drug-likeness (QED) is 0.0269. The normalized spacial score (nSPS) is 18.8. The number of esters is 2. The van der Waals surface area contributed by atoms with Crippen LogP contribution in [-0.2, 0) is 56.8 Å². The van der Waals surface area contributed by atoms with Gasteiger partial charge < -0.3 is 73.4 Å². The summed E-state index contributed by atoms with van der Waals surface area (Å²) in [6.45, 7) is 12.3. The number of rotatable bonds is 18. The fourth-order valence-electron chi connectivity index (χ4n) is 13.2. The zero-order valence-corrected chi connectivity index (χ0v) is 62.9. The highest BCUT2D eigenvalue weighted by atomic mass is 35.5. The molecule has 5 aliphatic heterocycles. The number of carbonyl (C=O) groups is 9. The van der Waals surface area contributed by atoms with Gasteiger partial charge in [0.1, 0.15) is 41.0 Å². The number of nitrogens with zero attached hydrogens (tertiary/aromatic N) is 6. The lowest BCUT2D eigenvalue weighted by Gasteiger charge is -2.44. The van der Waals surface area contributed by atoms with E-state index in [1.54, 1.807) is 95.1 Å². The van der Waals surface area contributed by atoms with E-state index < -0.39 is 54.5 Å². The molecule has 106 heavy (non-hydrogen) atoms. The molecule has 9 heterocycles. The number of carbonyl (C=O) groups excluding carboxylic acids is 9. The lowest BCUT2D eigenvalue weighted by Crippen LogP contribution is -2.59. The van der Waals surface area contributed by atoms with E-state index in [0.29, 0.717) is 112 Å². The lowest BCUT2D eigenvalue weighted by molar-refractivity contribution is -0.201. The van der Waals surface area contributed by atoms with Crippen molar-refractivity contribution < 1.29 is 76.3 Å². The molecule has 8 aromatic rings. The molecule has 6 atom stereocenters. The predicted molar refractivity (Wildman–Crippen MR) is 407 cm³/mol. The monoisotopic (exact) mass is 1520 g/mol. The molecular formula is C76H82Cl2N10O16S2. The Kier molecular flexibility index (Phi) is 25.3. The molecule has 30 heteroatoms. The third-order valence-corrected chi connectivity index (χ3v) is 21.0. The van der Waals surface area contributed by atoms with Crippen LogP contribution in [0.25, 0.3) is 20.2 Å². The molecule has 13 rings (SSSR count). The number of alkyl halides is 2. The van der Waals surface area contributed by atoms with E-state index in [9.17, 15) is 43.2 Å². The van der Waals surface area contributed by atoms with Gasteiger partial charge in [0.05, 0.1) is 77.7 Å². The molecule has 7 amide bonds. The Morgan fingerprint density at radius 1 is 0.632 bits per heavy atom. The molecule has 5 aliphatic rings. The van der Waals surface area contributed by atoms with E-state index in [-0.39, 0.29) is 67.4 Å². The summed E-state index contributed by atoms with van der Waals surface area (Å²) in [5, 5.41) is 13.2. The molecule has 4 N–H and O–H groups in total. The molecule has 558 valence electrons. The van der Waals surface area contributed by atoms with E-state index in [4.69, 9.17) is 56.4 Å². The standard InChI is InChI=1S/C42H47N5O10S.C33H33N5O6S.CH2Cl2/c1-6-14-55-42(52)47-31-17-25(3)24(2)16-30(31)39(50)46-13-12-29(21-33(46)40(47)57-37-9-7-8-15-54-37)56-23-36(48)43-28-20-32(45(4)22-28)38(49)44-27-10-11-34-26(18-27)19-35(58-34)41(51)53-5;1-18-9-25-26(10-19(18)2)34-15-23-14-24(7-8-38(23)32(25)41)44-17-30(39)35-22-13-27(37(3)16-22)31(40)36-21-5-6-28-20(11-21)12-29(45-28)33(42)43-4;2-1-3/h6,10-11,16-20,22,29,33,37,40H,1,7-9,12-15,21,23H2,2-5H3,(H,43,48)(H,44,49);5-6,9-13,15-16,23-24H,7-8,14,17H2,1-4H3,(H,35,39)(H,36,40);1H2/t29-,33+,37?,40?;23-,24+;/m10./s1. The Hall–Kier alpha value is -9.78. The summed E-state index contributed by atoms with van der Waals surface area (Å²) in [4.78, 5) is 128. The predicted octanol–water partition coefficient (Wildman–Crippen LogP) is 13.2. The van der Waals surface area contributed by atoms with Crippen molar-refractivity contribution in [1.82, 2.24) is 18.9 Å². The number of aryl methyl sites for hydroxylation is 6. The van der Waals surface area contributed by atoms with Gasteiger partial charge >= 0.3 is 18.0 Å². The van der Waals surface area contributed by atoms with Gasteiger partial charge in [-0.05, 0) is 191 Å². The number of hydrogen-bond donors (Lipinski definition) is 4. The Balaban J connectivity index is 0.000000210. The largest absolute Gasteiger partial charge is 0.465 e. The Morgan fingerprint density at radius 2 is 1.15 bits per heavy atom. The highest BCUT2D eigenvalue weighted by molar-refractivity contribution is 7.21. The van der Waals surface area contributed by atoms with E-state index in [0.717, 1.165) is 55.3 Å². The SMILES string of the molecule is C=CCOC(=O)N1c2cc(C)c(C)cc2C(=O)N2CC[C@@H](OCC(=O)Nc3cc(C(=O)Nc4ccc5sc(C(=O)OC)cc5c4)n(C)c3)C[C@H]2C1OC1CCCCO1.COC(=O)c1cc2cc(NC(=O)c3cc(NC(=O)CO[C@@H]4CCN5C(=O)c6cc(C)c(C)cc6N=C[C@@H]5C4)cn3C)ccc2s1.ClCCl. The van der Waals surface area contributed by atoms with Gasteiger partial charge in [-0.2, -0.15) is 0 Å². The van der Waals surface area contributed by atoms with Gasteiger partial charge in [-0.1, -0.05) is 12.7 Å². The molecule has 26 nitrogen and oxygen atoms in total. The van der Waals surface area contributed by atoms with Crippen molar-refractivity contribution in [3.05, 3.63) is 165 Å². The number of amides is 7. The molecule has 4 aromatic heterocycles. The summed E-state index contributed by atoms with van der Waals surface area (Å²) >= 11 is 12.2. The van der Waals surface area contributed by atoms with Crippen molar-refractivity contribution >= 4 is 160 Å². The summed E-state index contributed by atoms with van der Waals surface area (Å²) < 4.78 is 44.9. The first kappa shape index (κ1) is 77.3. The number of fused-ring (bicyclic) bond motifs is 6. The van der Waals surface area contributed by atoms with Crippen molar-refractivity contribution in [2.75, 3.05) is 85.2 Å². The number of benzene rings is 4. The first-order valence-corrected chi connectivity index (χ1v) is 37.0. The van der Waals surface area contributed by atoms with Crippen LogP contribution in [0.1, 0.15) is 128 Å². The van der Waals surface area contributed by atoms with Gasteiger partial charge in [-0.15, -0.1) is 45.9 Å². The summed E-state index contributed by atoms with van der Waals surface area (Å²) in [7, 11) is 6.08. The number of ether oxygens (including phenoxy) is 7. The lowest BCUT2D eigenvalue weighted by atomic mass is 9.97. The molecule has 0 aliphatic carbocycles.